The first-order valence-corrected chi connectivity index (χ1v) is 7.59. The maximum absolute atomic E-state index is 2.42. The van der Waals surface area contributed by atoms with Gasteiger partial charge in [0.1, 0.15) is 0 Å². The van der Waals surface area contributed by atoms with E-state index in [1.807, 2.05) is 0 Å². The van der Waals surface area contributed by atoms with E-state index in [2.05, 4.69) is 43.9 Å². The van der Waals surface area contributed by atoms with E-state index in [-0.39, 0.29) is 7.92 Å². The molecular formula is C14H15P. The fourth-order valence-electron chi connectivity index (χ4n) is 2.66. The van der Waals surface area contributed by atoms with Crippen LogP contribution < -0.4 is 0 Å². The average molecular weight is 214 g/mol. The molecule has 15 heavy (non-hydrogen) atoms. The first kappa shape index (κ1) is 9.36. The van der Waals surface area contributed by atoms with Crippen molar-refractivity contribution in [2.45, 2.75) is 19.2 Å². The summed E-state index contributed by atoms with van der Waals surface area (Å²) in [5, 5.41) is 2.98. The summed E-state index contributed by atoms with van der Waals surface area (Å²) in [5.74, 6) is 0. The van der Waals surface area contributed by atoms with Gasteiger partial charge >= 0.3 is 0 Å². The van der Waals surface area contributed by atoms with Crippen LogP contribution in [0.15, 0.2) is 30.3 Å². The van der Waals surface area contributed by atoms with E-state index in [4.69, 9.17) is 0 Å². The van der Waals surface area contributed by atoms with E-state index in [1.54, 1.807) is 16.5 Å². The first-order valence-electron chi connectivity index (χ1n) is 5.44. The van der Waals surface area contributed by atoms with Gasteiger partial charge in [0, 0.05) is 0 Å². The third-order valence-electron chi connectivity index (χ3n) is 3.17. The molecule has 1 heterocycles. The molecule has 0 N–H and O–H groups in total. The SMILES string of the molecule is Cc1cc2c3c(cccc3c1)CP(C)C2. The maximum Gasteiger partial charge on any atom is -0.00662 e. The van der Waals surface area contributed by atoms with Crippen molar-refractivity contribution in [1.82, 2.24) is 0 Å². The highest BCUT2D eigenvalue weighted by Crippen LogP contribution is 2.47. The van der Waals surface area contributed by atoms with Crippen molar-refractivity contribution < 1.29 is 0 Å². The Morgan fingerprint density at radius 2 is 1.87 bits per heavy atom. The van der Waals surface area contributed by atoms with E-state index in [1.165, 1.54) is 23.3 Å². The van der Waals surface area contributed by atoms with Crippen molar-refractivity contribution >= 4 is 18.7 Å². The molecule has 0 nitrogen and oxygen atoms in total. The highest BCUT2D eigenvalue weighted by Gasteiger charge is 2.16. The Bertz CT molecular complexity index is 528. The van der Waals surface area contributed by atoms with Crippen LogP contribution in [0, 0.1) is 6.92 Å². The normalized spacial score (nSPS) is 19.5. The van der Waals surface area contributed by atoms with Crippen LogP contribution in [0.3, 0.4) is 0 Å². The van der Waals surface area contributed by atoms with Crippen LogP contribution in [-0.4, -0.2) is 6.66 Å². The highest BCUT2D eigenvalue weighted by atomic mass is 31.1. The Morgan fingerprint density at radius 1 is 1.07 bits per heavy atom. The quantitative estimate of drug-likeness (QED) is 0.574. The van der Waals surface area contributed by atoms with Gasteiger partial charge in [0.15, 0.2) is 0 Å². The van der Waals surface area contributed by atoms with Crippen molar-refractivity contribution in [2.75, 3.05) is 6.66 Å². The van der Waals surface area contributed by atoms with Crippen molar-refractivity contribution in [3.63, 3.8) is 0 Å². The van der Waals surface area contributed by atoms with E-state index in [0.717, 1.165) is 0 Å². The Labute approximate surface area is 92.1 Å². The minimum absolute atomic E-state index is 0.184. The second-order valence-electron chi connectivity index (χ2n) is 4.61. The Balaban J connectivity index is 2.40. The molecule has 0 spiro atoms. The molecular weight excluding hydrogens is 199 g/mol. The predicted octanol–water partition coefficient (Wildman–Crippen LogP) is 4.27. The molecule has 0 aromatic heterocycles. The largest absolute Gasteiger partial charge is 0.101 e. The molecule has 1 unspecified atom stereocenters. The fraction of sp³-hybridized carbons (Fsp3) is 0.286. The monoisotopic (exact) mass is 214 g/mol. The summed E-state index contributed by atoms with van der Waals surface area (Å²) in [7, 11) is 0.184. The molecule has 0 aliphatic carbocycles. The number of hydrogen-bond donors (Lipinski definition) is 0. The van der Waals surface area contributed by atoms with Gasteiger partial charge in [-0.05, 0) is 47.8 Å². The topological polar surface area (TPSA) is 0 Å². The van der Waals surface area contributed by atoms with Crippen LogP contribution in [0.25, 0.3) is 10.8 Å². The number of aryl methyl sites for hydroxylation is 1. The van der Waals surface area contributed by atoms with Gasteiger partial charge in [-0.25, -0.2) is 0 Å². The summed E-state index contributed by atoms with van der Waals surface area (Å²) in [6.07, 6.45) is 2.62. The summed E-state index contributed by atoms with van der Waals surface area (Å²) in [6, 6.07) is 11.4. The van der Waals surface area contributed by atoms with Gasteiger partial charge in [0.25, 0.3) is 0 Å². The lowest BCUT2D eigenvalue weighted by molar-refractivity contribution is 1.29. The lowest BCUT2D eigenvalue weighted by Crippen LogP contribution is -1.99. The van der Waals surface area contributed by atoms with Crippen molar-refractivity contribution in [3.8, 4) is 0 Å². The molecule has 3 rings (SSSR count). The lowest BCUT2D eigenvalue weighted by Gasteiger charge is -2.23. The van der Waals surface area contributed by atoms with Gasteiger partial charge in [-0.1, -0.05) is 35.9 Å². The first-order chi connectivity index (χ1) is 7.24. The Kier molecular flexibility index (Phi) is 2.07. The number of benzene rings is 2. The van der Waals surface area contributed by atoms with Crippen LogP contribution in [0.1, 0.15) is 16.7 Å². The molecule has 0 saturated heterocycles. The van der Waals surface area contributed by atoms with Crippen molar-refractivity contribution in [3.05, 3.63) is 47.0 Å². The van der Waals surface area contributed by atoms with Crippen LogP contribution >= 0.6 is 7.92 Å². The van der Waals surface area contributed by atoms with E-state index in [0.29, 0.717) is 0 Å². The van der Waals surface area contributed by atoms with E-state index < -0.39 is 0 Å². The summed E-state index contributed by atoms with van der Waals surface area (Å²) in [4.78, 5) is 0. The van der Waals surface area contributed by atoms with Gasteiger partial charge in [-0.15, -0.1) is 7.92 Å². The number of rotatable bonds is 0. The number of hydrogen-bond acceptors (Lipinski definition) is 0. The minimum atomic E-state index is 0.184. The minimum Gasteiger partial charge on any atom is -0.101 e. The van der Waals surface area contributed by atoms with Gasteiger partial charge < -0.3 is 0 Å². The summed E-state index contributed by atoms with van der Waals surface area (Å²) >= 11 is 0. The standard InChI is InChI=1S/C14H15P/c1-10-6-11-4-3-5-12-8-15(2)9-13(7-10)14(11)12/h3-7H,8-9H2,1-2H3. The van der Waals surface area contributed by atoms with Gasteiger partial charge in [0.05, 0.1) is 0 Å². The summed E-state index contributed by atoms with van der Waals surface area (Å²) in [5.41, 5.74) is 4.56. The third kappa shape index (κ3) is 1.48. The molecule has 0 saturated carbocycles. The molecule has 2 aromatic carbocycles. The predicted molar refractivity (Wildman–Crippen MR) is 68.9 cm³/mol. The zero-order chi connectivity index (χ0) is 10.4. The molecule has 2 aromatic rings. The van der Waals surface area contributed by atoms with Crippen molar-refractivity contribution in [1.29, 1.82) is 0 Å². The van der Waals surface area contributed by atoms with E-state index in [9.17, 15) is 0 Å². The fourth-order valence-corrected chi connectivity index (χ4v) is 4.45. The van der Waals surface area contributed by atoms with E-state index >= 15 is 0 Å². The smallest absolute Gasteiger partial charge is 0.00662 e. The second kappa shape index (κ2) is 3.32. The highest BCUT2D eigenvalue weighted by molar-refractivity contribution is 7.55. The molecule has 0 bridgehead atoms. The zero-order valence-corrected chi connectivity index (χ0v) is 10.1. The molecule has 76 valence electrons. The summed E-state index contributed by atoms with van der Waals surface area (Å²) in [6.45, 7) is 4.62. The Morgan fingerprint density at radius 3 is 2.73 bits per heavy atom. The molecule has 1 atom stereocenters. The van der Waals surface area contributed by atoms with Gasteiger partial charge in [-0.2, -0.15) is 0 Å². The van der Waals surface area contributed by atoms with Crippen LogP contribution in [0.4, 0.5) is 0 Å². The molecule has 0 radical (unpaired) electrons. The van der Waals surface area contributed by atoms with Crippen LogP contribution in [0.5, 0.6) is 0 Å². The van der Waals surface area contributed by atoms with Gasteiger partial charge in [0.2, 0.25) is 0 Å². The molecule has 1 heteroatoms. The molecule has 0 fully saturated rings. The van der Waals surface area contributed by atoms with Gasteiger partial charge in [-0.3, -0.25) is 0 Å². The van der Waals surface area contributed by atoms with Crippen LogP contribution in [0.2, 0.25) is 0 Å². The third-order valence-corrected chi connectivity index (χ3v) is 4.93. The molecule has 1 aliphatic rings. The lowest BCUT2D eigenvalue weighted by atomic mass is 9.98. The second-order valence-corrected chi connectivity index (χ2v) is 6.96. The molecule has 1 aliphatic heterocycles. The maximum atomic E-state index is 2.42. The zero-order valence-electron chi connectivity index (χ0n) is 9.25. The summed E-state index contributed by atoms with van der Waals surface area (Å²) < 4.78 is 0. The average Bonchev–Trinajstić information content (AvgIpc) is 2.16. The van der Waals surface area contributed by atoms with Crippen molar-refractivity contribution in [2.24, 2.45) is 0 Å². The Hall–Kier alpha value is -0.870. The molecule has 0 amide bonds. The van der Waals surface area contributed by atoms with Crippen LogP contribution in [-0.2, 0) is 12.3 Å².